The number of hydrogen-bond acceptors (Lipinski definition) is 7. The van der Waals surface area contributed by atoms with E-state index in [2.05, 4.69) is 25.6 Å². The van der Waals surface area contributed by atoms with Crippen molar-refractivity contribution in [2.24, 2.45) is 0 Å². The molecule has 2 aromatic carbocycles. The Balaban J connectivity index is 0.000000470. The number of benzene rings is 2. The second kappa shape index (κ2) is 13.0. The number of carbonyl (C=O) groups excluding carboxylic acids is 1. The summed E-state index contributed by atoms with van der Waals surface area (Å²) in [5, 5.41) is 18.9. The van der Waals surface area contributed by atoms with E-state index in [0.717, 1.165) is 60.9 Å². The Morgan fingerprint density at radius 2 is 1.70 bits per heavy atom. The molecule has 40 heavy (non-hydrogen) atoms. The van der Waals surface area contributed by atoms with E-state index in [1.165, 1.54) is 0 Å². The molecule has 1 fully saturated rings. The highest BCUT2D eigenvalue weighted by Crippen LogP contribution is 2.22. The number of aliphatic carboxylic acids is 1. The molecule has 0 atom stereocenters. The molecule has 4 aromatic rings. The first kappa shape index (κ1) is 28.5. The minimum atomic E-state index is -5.08. The van der Waals surface area contributed by atoms with Gasteiger partial charge in [0.25, 0.3) is 5.91 Å². The van der Waals surface area contributed by atoms with Crippen LogP contribution in [0.4, 0.5) is 24.5 Å². The normalized spacial score (nSPS) is 13.8. The molecule has 0 spiro atoms. The zero-order chi connectivity index (χ0) is 28.5. The van der Waals surface area contributed by atoms with Crippen LogP contribution in [-0.2, 0) is 9.53 Å². The maximum atomic E-state index is 12.7. The molecule has 10 nitrogen and oxygen atoms in total. The van der Waals surface area contributed by atoms with Crippen LogP contribution in [-0.4, -0.2) is 82.2 Å². The Morgan fingerprint density at radius 1 is 0.975 bits per heavy atom. The highest BCUT2D eigenvalue weighted by Gasteiger charge is 2.38. The summed E-state index contributed by atoms with van der Waals surface area (Å²) in [5.74, 6) is -2.85. The summed E-state index contributed by atoms with van der Waals surface area (Å²) in [4.78, 5) is 28.5. The third kappa shape index (κ3) is 7.77. The van der Waals surface area contributed by atoms with Crippen molar-refractivity contribution in [2.75, 3.05) is 44.7 Å². The Morgan fingerprint density at radius 3 is 2.40 bits per heavy atom. The van der Waals surface area contributed by atoms with Gasteiger partial charge in [0.05, 0.1) is 37.0 Å². The van der Waals surface area contributed by atoms with E-state index in [0.29, 0.717) is 12.1 Å². The third-order valence-corrected chi connectivity index (χ3v) is 5.88. The van der Waals surface area contributed by atoms with E-state index in [1.807, 2.05) is 60.7 Å². The van der Waals surface area contributed by atoms with Gasteiger partial charge in [-0.25, -0.2) is 14.5 Å². The van der Waals surface area contributed by atoms with Gasteiger partial charge in [-0.2, -0.15) is 18.3 Å². The van der Waals surface area contributed by atoms with Crippen LogP contribution in [0.2, 0.25) is 0 Å². The lowest BCUT2D eigenvalue weighted by atomic mass is 10.2. The molecule has 3 N–H and O–H groups in total. The van der Waals surface area contributed by atoms with E-state index >= 15 is 0 Å². The van der Waals surface area contributed by atoms with Gasteiger partial charge in [0.2, 0.25) is 0 Å². The van der Waals surface area contributed by atoms with Crippen molar-refractivity contribution in [2.45, 2.75) is 6.18 Å². The number of morpholine rings is 1. The Labute approximate surface area is 227 Å². The van der Waals surface area contributed by atoms with Crippen LogP contribution in [0.1, 0.15) is 10.4 Å². The predicted molar refractivity (Wildman–Crippen MR) is 142 cm³/mol. The minimum absolute atomic E-state index is 0.0936. The van der Waals surface area contributed by atoms with E-state index in [9.17, 15) is 18.0 Å². The molecule has 210 valence electrons. The van der Waals surface area contributed by atoms with Gasteiger partial charge in [0.15, 0.2) is 5.65 Å². The number of carbonyl (C=O) groups is 2. The highest BCUT2D eigenvalue weighted by atomic mass is 19.4. The molecule has 0 aliphatic carbocycles. The number of carboxylic acid groups (broad SMARTS) is 1. The highest BCUT2D eigenvalue weighted by molar-refractivity contribution is 5.95. The molecule has 13 heteroatoms. The van der Waals surface area contributed by atoms with Crippen molar-refractivity contribution in [1.29, 1.82) is 0 Å². The molecule has 0 radical (unpaired) electrons. The smallest absolute Gasteiger partial charge is 0.475 e. The van der Waals surface area contributed by atoms with Crippen molar-refractivity contribution in [3.8, 4) is 5.69 Å². The summed E-state index contributed by atoms with van der Waals surface area (Å²) in [7, 11) is 0. The molecular formula is C27H27F3N6O4. The van der Waals surface area contributed by atoms with Crippen LogP contribution in [0.3, 0.4) is 0 Å². The first-order valence-corrected chi connectivity index (χ1v) is 12.4. The molecule has 1 saturated heterocycles. The van der Waals surface area contributed by atoms with Crippen LogP contribution in [0.25, 0.3) is 16.7 Å². The van der Waals surface area contributed by atoms with Gasteiger partial charge in [0.1, 0.15) is 0 Å². The minimum Gasteiger partial charge on any atom is -0.475 e. The number of aromatic nitrogens is 3. The van der Waals surface area contributed by atoms with Gasteiger partial charge in [0, 0.05) is 42.8 Å². The molecule has 1 amide bonds. The number of para-hydroxylation sites is 1. The molecule has 1 aliphatic rings. The predicted octanol–water partition coefficient (Wildman–Crippen LogP) is 3.86. The van der Waals surface area contributed by atoms with Gasteiger partial charge in [-0.3, -0.25) is 9.69 Å². The summed E-state index contributed by atoms with van der Waals surface area (Å²) in [5.41, 5.74) is 4.01. The average Bonchev–Trinajstić information content (AvgIpc) is 3.37. The second-order valence-electron chi connectivity index (χ2n) is 8.75. The van der Waals surface area contributed by atoms with Crippen molar-refractivity contribution < 1.29 is 32.6 Å². The number of rotatable bonds is 7. The van der Waals surface area contributed by atoms with Crippen molar-refractivity contribution in [1.82, 2.24) is 25.0 Å². The molecular weight excluding hydrogens is 529 g/mol. The number of carboxylic acids is 1. The van der Waals surface area contributed by atoms with Crippen LogP contribution in [0.5, 0.6) is 0 Å². The molecule has 0 unspecified atom stereocenters. The largest absolute Gasteiger partial charge is 0.490 e. The van der Waals surface area contributed by atoms with Gasteiger partial charge in [-0.15, -0.1) is 0 Å². The molecule has 3 heterocycles. The lowest BCUT2D eigenvalue weighted by molar-refractivity contribution is -0.192. The zero-order valence-electron chi connectivity index (χ0n) is 21.3. The number of halogens is 3. The fourth-order valence-corrected chi connectivity index (χ4v) is 3.90. The van der Waals surface area contributed by atoms with Crippen molar-refractivity contribution >= 4 is 34.3 Å². The van der Waals surface area contributed by atoms with Gasteiger partial charge >= 0.3 is 12.1 Å². The number of amides is 1. The molecule has 2 aromatic heterocycles. The Kier molecular flexibility index (Phi) is 9.30. The quantitative estimate of drug-likeness (QED) is 0.314. The standard InChI is InChI=1S/C25H26N6O2.C2HF3O2/c32-25(26-9-10-30-11-13-33-14-12-30)19-5-4-8-23(16-19)31-24-20(17-28-31)15-22(18-27-24)29-21-6-2-1-3-7-21;3-2(4,5)1(6)7/h1-8,15-18,29H,9-14H2,(H,26,32);(H,6,7). The van der Waals surface area contributed by atoms with Crippen LogP contribution >= 0.6 is 0 Å². The van der Waals surface area contributed by atoms with Gasteiger partial charge in [-0.05, 0) is 36.4 Å². The number of alkyl halides is 3. The maximum Gasteiger partial charge on any atom is 0.490 e. The van der Waals surface area contributed by atoms with Crippen LogP contribution < -0.4 is 10.6 Å². The van der Waals surface area contributed by atoms with Gasteiger partial charge in [-0.1, -0.05) is 24.3 Å². The fraction of sp³-hybridized carbons (Fsp3) is 0.259. The molecule has 5 rings (SSSR count). The molecule has 1 aliphatic heterocycles. The van der Waals surface area contributed by atoms with E-state index in [4.69, 9.17) is 14.6 Å². The zero-order valence-corrected chi connectivity index (χ0v) is 21.3. The second-order valence-corrected chi connectivity index (χ2v) is 8.75. The number of ether oxygens (including phenoxy) is 1. The van der Waals surface area contributed by atoms with E-state index in [1.54, 1.807) is 17.1 Å². The van der Waals surface area contributed by atoms with Crippen LogP contribution in [0, 0.1) is 0 Å². The summed E-state index contributed by atoms with van der Waals surface area (Å²) in [6.45, 7) is 4.76. The SMILES string of the molecule is O=C(NCCN1CCOCC1)c1cccc(-n2ncc3cc(Nc4ccccc4)cnc32)c1.O=C(O)C(F)(F)F. The Bertz CT molecular complexity index is 1440. The monoisotopic (exact) mass is 556 g/mol. The average molecular weight is 557 g/mol. The summed E-state index contributed by atoms with van der Waals surface area (Å²) < 4.78 is 38.9. The van der Waals surface area contributed by atoms with Gasteiger partial charge < -0.3 is 20.5 Å². The topological polar surface area (TPSA) is 122 Å². The van der Waals surface area contributed by atoms with Crippen molar-refractivity contribution in [3.63, 3.8) is 0 Å². The van der Waals surface area contributed by atoms with Crippen molar-refractivity contribution in [3.05, 3.63) is 78.6 Å². The number of nitrogens with zero attached hydrogens (tertiary/aromatic N) is 4. The van der Waals surface area contributed by atoms with E-state index < -0.39 is 12.1 Å². The summed E-state index contributed by atoms with van der Waals surface area (Å²) >= 11 is 0. The number of hydrogen-bond donors (Lipinski definition) is 3. The first-order chi connectivity index (χ1) is 19.2. The summed E-state index contributed by atoms with van der Waals surface area (Å²) in [6.07, 6.45) is -1.51. The van der Waals surface area contributed by atoms with Crippen LogP contribution in [0.15, 0.2) is 73.1 Å². The summed E-state index contributed by atoms with van der Waals surface area (Å²) in [6, 6.07) is 19.4. The number of pyridine rings is 1. The number of fused-ring (bicyclic) bond motifs is 1. The number of anilines is 2. The lowest BCUT2D eigenvalue weighted by Crippen LogP contribution is -2.41. The Hall–Kier alpha value is -4.49. The maximum absolute atomic E-state index is 12.7. The fourth-order valence-electron chi connectivity index (χ4n) is 3.90. The third-order valence-electron chi connectivity index (χ3n) is 5.88. The number of nitrogens with one attached hydrogen (secondary N) is 2. The van der Waals surface area contributed by atoms with E-state index in [-0.39, 0.29) is 5.91 Å². The molecule has 0 saturated carbocycles. The lowest BCUT2D eigenvalue weighted by Gasteiger charge is -2.26. The first-order valence-electron chi connectivity index (χ1n) is 12.4. The molecule has 0 bridgehead atoms.